The molecule has 0 fully saturated rings. The molecule has 2 aromatic carbocycles. The van der Waals surface area contributed by atoms with Crippen molar-refractivity contribution in [2.75, 3.05) is 0 Å². The first-order chi connectivity index (χ1) is 9.65. The van der Waals surface area contributed by atoms with Gasteiger partial charge in [-0.1, -0.05) is 36.4 Å². The molecule has 20 heavy (non-hydrogen) atoms. The average Bonchev–Trinajstić information content (AvgIpc) is 2.76. The molecule has 0 heterocycles. The predicted molar refractivity (Wildman–Crippen MR) is 78.7 cm³/mol. The van der Waals surface area contributed by atoms with Crippen molar-refractivity contribution in [3.05, 3.63) is 71.0 Å². The molecule has 0 amide bonds. The molecule has 2 nitrogen and oxygen atoms in total. The number of nitrogens with one attached hydrogen (secondary N) is 1. The van der Waals surface area contributed by atoms with Gasteiger partial charge in [-0.3, -0.25) is 0 Å². The Hall–Kier alpha value is -1.71. The van der Waals surface area contributed by atoms with Gasteiger partial charge in [0.25, 0.3) is 0 Å². The molecule has 0 radical (unpaired) electrons. The van der Waals surface area contributed by atoms with Gasteiger partial charge in [0, 0.05) is 18.1 Å². The maximum Gasteiger partial charge on any atom is 0.123 e. The minimum Gasteiger partial charge on any atom is -0.324 e. The Morgan fingerprint density at radius 1 is 1.15 bits per heavy atom. The smallest absolute Gasteiger partial charge is 0.123 e. The standard InChI is InChI=1S/C17H19FN2/c1-11(12-5-4-6-13(18)9-12)20-17-10-16(19)14-7-2-3-8-15(14)17/h2-9,11,16-17,20H,10,19H2,1H3/t11-,16?,17?/m1/s1. The van der Waals surface area contributed by atoms with Gasteiger partial charge in [-0.25, -0.2) is 4.39 Å². The Bertz CT molecular complexity index is 611. The van der Waals surface area contributed by atoms with E-state index in [1.54, 1.807) is 12.1 Å². The van der Waals surface area contributed by atoms with Gasteiger partial charge < -0.3 is 11.1 Å². The zero-order valence-electron chi connectivity index (χ0n) is 11.5. The zero-order chi connectivity index (χ0) is 14.1. The summed E-state index contributed by atoms with van der Waals surface area (Å²) in [6, 6.07) is 15.4. The van der Waals surface area contributed by atoms with Crippen molar-refractivity contribution in [1.82, 2.24) is 5.32 Å². The highest BCUT2D eigenvalue weighted by molar-refractivity contribution is 5.37. The molecule has 2 aromatic rings. The summed E-state index contributed by atoms with van der Waals surface area (Å²) < 4.78 is 13.3. The molecular formula is C17H19FN2. The van der Waals surface area contributed by atoms with Crippen LogP contribution in [0, 0.1) is 5.82 Å². The van der Waals surface area contributed by atoms with Crippen LogP contribution in [0.1, 0.15) is 48.2 Å². The van der Waals surface area contributed by atoms with Crippen molar-refractivity contribution in [3.63, 3.8) is 0 Å². The zero-order valence-corrected chi connectivity index (χ0v) is 11.5. The maximum atomic E-state index is 13.3. The molecule has 3 rings (SSSR count). The summed E-state index contributed by atoms with van der Waals surface area (Å²) >= 11 is 0. The van der Waals surface area contributed by atoms with Crippen LogP contribution in [0.4, 0.5) is 4.39 Å². The predicted octanol–water partition coefficient (Wildman–Crippen LogP) is 3.62. The lowest BCUT2D eigenvalue weighted by Crippen LogP contribution is -2.23. The fraction of sp³-hybridized carbons (Fsp3) is 0.294. The third-order valence-electron chi connectivity index (χ3n) is 4.06. The molecule has 0 spiro atoms. The summed E-state index contributed by atoms with van der Waals surface area (Å²) in [5.74, 6) is -0.195. The fourth-order valence-electron chi connectivity index (χ4n) is 3.01. The van der Waals surface area contributed by atoms with Crippen molar-refractivity contribution in [2.45, 2.75) is 31.5 Å². The molecule has 1 aliphatic rings. The Kier molecular flexibility index (Phi) is 3.55. The molecule has 0 aromatic heterocycles. The van der Waals surface area contributed by atoms with E-state index >= 15 is 0 Å². The van der Waals surface area contributed by atoms with Crippen molar-refractivity contribution >= 4 is 0 Å². The molecule has 2 unspecified atom stereocenters. The van der Waals surface area contributed by atoms with Crippen LogP contribution in [0.5, 0.6) is 0 Å². The third kappa shape index (κ3) is 2.47. The molecule has 0 saturated carbocycles. The Morgan fingerprint density at radius 2 is 1.90 bits per heavy atom. The summed E-state index contributed by atoms with van der Waals surface area (Å²) in [6.07, 6.45) is 0.888. The van der Waals surface area contributed by atoms with Crippen LogP contribution < -0.4 is 11.1 Å². The number of rotatable bonds is 3. The van der Waals surface area contributed by atoms with E-state index in [0.717, 1.165) is 12.0 Å². The SMILES string of the molecule is C[C@@H](NC1CC(N)c2ccccc21)c1cccc(F)c1. The largest absolute Gasteiger partial charge is 0.324 e. The number of nitrogens with two attached hydrogens (primary N) is 1. The van der Waals surface area contributed by atoms with Gasteiger partial charge in [0.05, 0.1) is 0 Å². The highest BCUT2D eigenvalue weighted by atomic mass is 19.1. The van der Waals surface area contributed by atoms with Gasteiger partial charge in [-0.05, 0) is 42.2 Å². The molecule has 3 heteroatoms. The van der Waals surface area contributed by atoms with E-state index in [-0.39, 0.29) is 23.9 Å². The molecule has 3 atom stereocenters. The van der Waals surface area contributed by atoms with Gasteiger partial charge in [0.1, 0.15) is 5.82 Å². The molecule has 104 valence electrons. The monoisotopic (exact) mass is 270 g/mol. The van der Waals surface area contributed by atoms with Gasteiger partial charge in [-0.15, -0.1) is 0 Å². The number of fused-ring (bicyclic) bond motifs is 1. The summed E-state index contributed by atoms with van der Waals surface area (Å²) in [6.45, 7) is 2.06. The normalized spacial score (nSPS) is 22.6. The van der Waals surface area contributed by atoms with Crippen molar-refractivity contribution < 1.29 is 4.39 Å². The maximum absolute atomic E-state index is 13.3. The van der Waals surface area contributed by atoms with E-state index in [1.807, 2.05) is 18.2 Å². The quantitative estimate of drug-likeness (QED) is 0.894. The van der Waals surface area contributed by atoms with Crippen LogP contribution >= 0.6 is 0 Å². The highest BCUT2D eigenvalue weighted by Gasteiger charge is 2.29. The first kappa shape index (κ1) is 13.3. The third-order valence-corrected chi connectivity index (χ3v) is 4.06. The molecular weight excluding hydrogens is 251 g/mol. The molecule has 0 aliphatic heterocycles. The first-order valence-corrected chi connectivity index (χ1v) is 7.01. The summed E-state index contributed by atoms with van der Waals surface area (Å²) in [5.41, 5.74) is 9.62. The lowest BCUT2D eigenvalue weighted by atomic mass is 10.0. The van der Waals surface area contributed by atoms with Gasteiger partial charge in [-0.2, -0.15) is 0 Å². The van der Waals surface area contributed by atoms with E-state index in [0.29, 0.717) is 0 Å². The van der Waals surface area contributed by atoms with Crippen molar-refractivity contribution in [2.24, 2.45) is 5.73 Å². The lowest BCUT2D eigenvalue weighted by molar-refractivity contribution is 0.444. The van der Waals surface area contributed by atoms with Crippen LogP contribution in [0.15, 0.2) is 48.5 Å². The number of benzene rings is 2. The summed E-state index contributed by atoms with van der Waals surface area (Å²) in [5, 5.41) is 3.56. The number of hydrogen-bond donors (Lipinski definition) is 2. The van der Waals surface area contributed by atoms with Crippen LogP contribution in [-0.4, -0.2) is 0 Å². The van der Waals surface area contributed by atoms with Gasteiger partial charge in [0.15, 0.2) is 0 Å². The number of halogens is 1. The topological polar surface area (TPSA) is 38.0 Å². The second kappa shape index (κ2) is 5.35. The molecule has 0 bridgehead atoms. The molecule has 3 N–H and O–H groups in total. The Labute approximate surface area is 118 Å². The summed E-state index contributed by atoms with van der Waals surface area (Å²) in [7, 11) is 0. The van der Waals surface area contributed by atoms with E-state index in [1.165, 1.54) is 17.2 Å². The Balaban J connectivity index is 1.79. The minimum absolute atomic E-state index is 0.0865. The highest BCUT2D eigenvalue weighted by Crippen LogP contribution is 2.38. The number of hydrogen-bond acceptors (Lipinski definition) is 2. The lowest BCUT2D eigenvalue weighted by Gasteiger charge is -2.21. The van der Waals surface area contributed by atoms with E-state index in [2.05, 4.69) is 24.4 Å². The van der Waals surface area contributed by atoms with Crippen LogP contribution in [0.3, 0.4) is 0 Å². The van der Waals surface area contributed by atoms with E-state index in [4.69, 9.17) is 5.73 Å². The van der Waals surface area contributed by atoms with Crippen LogP contribution in [-0.2, 0) is 0 Å². The summed E-state index contributed by atoms with van der Waals surface area (Å²) in [4.78, 5) is 0. The minimum atomic E-state index is -0.195. The fourth-order valence-corrected chi connectivity index (χ4v) is 3.01. The van der Waals surface area contributed by atoms with E-state index in [9.17, 15) is 4.39 Å². The average molecular weight is 270 g/mol. The van der Waals surface area contributed by atoms with Gasteiger partial charge in [0.2, 0.25) is 0 Å². The van der Waals surface area contributed by atoms with Crippen LogP contribution in [0.2, 0.25) is 0 Å². The van der Waals surface area contributed by atoms with E-state index < -0.39 is 0 Å². The second-order valence-corrected chi connectivity index (χ2v) is 5.47. The van der Waals surface area contributed by atoms with Crippen molar-refractivity contribution in [3.8, 4) is 0 Å². The van der Waals surface area contributed by atoms with Gasteiger partial charge >= 0.3 is 0 Å². The molecule has 1 aliphatic carbocycles. The van der Waals surface area contributed by atoms with Crippen LogP contribution in [0.25, 0.3) is 0 Å². The van der Waals surface area contributed by atoms with Crippen molar-refractivity contribution in [1.29, 1.82) is 0 Å². The Morgan fingerprint density at radius 3 is 2.65 bits per heavy atom. The molecule has 0 saturated heterocycles. The second-order valence-electron chi connectivity index (χ2n) is 5.47. The first-order valence-electron chi connectivity index (χ1n) is 7.01.